The summed E-state index contributed by atoms with van der Waals surface area (Å²) in [5, 5.41) is 3.78. The fraction of sp³-hybridized carbons (Fsp3) is 0.375. The van der Waals surface area contributed by atoms with Gasteiger partial charge in [-0.05, 0) is 19.1 Å². The molecule has 2 rings (SSSR count). The Morgan fingerprint density at radius 1 is 1.27 bits per heavy atom. The zero-order valence-electron chi connectivity index (χ0n) is 15.0. The molecule has 0 bridgehead atoms. The molecule has 0 unspecified atom stereocenters. The molecular formula is C16H21N3O6S. The van der Waals surface area contributed by atoms with Crippen LogP contribution in [-0.4, -0.2) is 46.8 Å². The monoisotopic (exact) mass is 383 g/mol. The van der Waals surface area contributed by atoms with Gasteiger partial charge in [0.05, 0.1) is 14.2 Å². The van der Waals surface area contributed by atoms with Gasteiger partial charge in [0.15, 0.2) is 5.82 Å². The Hall–Kier alpha value is -2.59. The van der Waals surface area contributed by atoms with Crippen molar-refractivity contribution in [3.8, 4) is 11.5 Å². The lowest BCUT2D eigenvalue weighted by atomic mass is 10.3. The van der Waals surface area contributed by atoms with Crippen molar-refractivity contribution < 1.29 is 27.2 Å². The van der Waals surface area contributed by atoms with Crippen molar-refractivity contribution in [1.82, 2.24) is 9.88 Å². The molecule has 0 atom stereocenters. The molecule has 0 radical (unpaired) electrons. The number of carbonyl (C=O) groups excluding carboxylic acids is 1. The standard InChI is InChI=1S/C16H21N3O6S/c1-11-9-16(18-25-11)19(12(2)20)8-7-17-26(21,22)15-6-5-13(23-3)10-14(15)24-4/h5-6,9-10,17H,7-8H2,1-4H3. The molecule has 0 aliphatic rings. The second kappa shape index (κ2) is 8.19. The first-order valence-electron chi connectivity index (χ1n) is 7.71. The van der Waals surface area contributed by atoms with Crippen LogP contribution in [0, 0.1) is 6.92 Å². The van der Waals surface area contributed by atoms with Gasteiger partial charge in [0.25, 0.3) is 0 Å². The number of hydrogen-bond acceptors (Lipinski definition) is 7. The summed E-state index contributed by atoms with van der Waals surface area (Å²) in [5.74, 6) is 1.24. The van der Waals surface area contributed by atoms with Crippen molar-refractivity contribution in [2.24, 2.45) is 0 Å². The molecule has 1 N–H and O–H groups in total. The number of amides is 1. The van der Waals surface area contributed by atoms with E-state index in [0.29, 0.717) is 17.3 Å². The SMILES string of the molecule is COc1ccc(S(=O)(=O)NCCN(C(C)=O)c2cc(C)on2)c(OC)c1. The van der Waals surface area contributed by atoms with Crippen LogP contribution in [0.25, 0.3) is 0 Å². The molecular weight excluding hydrogens is 362 g/mol. The highest BCUT2D eigenvalue weighted by molar-refractivity contribution is 7.89. The Morgan fingerprint density at radius 3 is 2.54 bits per heavy atom. The molecule has 0 aliphatic heterocycles. The molecule has 1 aromatic carbocycles. The van der Waals surface area contributed by atoms with Crippen LogP contribution in [0.3, 0.4) is 0 Å². The van der Waals surface area contributed by atoms with Crippen molar-refractivity contribution in [2.45, 2.75) is 18.7 Å². The summed E-state index contributed by atoms with van der Waals surface area (Å²) in [6.07, 6.45) is 0. The first-order valence-corrected chi connectivity index (χ1v) is 9.20. The lowest BCUT2D eigenvalue weighted by Crippen LogP contribution is -2.37. The third-order valence-electron chi connectivity index (χ3n) is 3.56. The van der Waals surface area contributed by atoms with Crippen LogP contribution in [0.5, 0.6) is 11.5 Å². The van der Waals surface area contributed by atoms with Gasteiger partial charge in [-0.25, -0.2) is 13.1 Å². The van der Waals surface area contributed by atoms with Crippen molar-refractivity contribution in [3.05, 3.63) is 30.0 Å². The number of aryl methyl sites for hydroxylation is 1. The topological polar surface area (TPSA) is 111 Å². The Bertz CT molecular complexity index is 878. The van der Waals surface area contributed by atoms with E-state index >= 15 is 0 Å². The van der Waals surface area contributed by atoms with Gasteiger partial charge in [-0.2, -0.15) is 0 Å². The summed E-state index contributed by atoms with van der Waals surface area (Å²) >= 11 is 0. The summed E-state index contributed by atoms with van der Waals surface area (Å²) in [6.45, 7) is 3.15. The molecule has 1 heterocycles. The Kier molecular flexibility index (Phi) is 6.22. The number of hydrogen-bond donors (Lipinski definition) is 1. The Labute approximate surface area is 151 Å². The number of ether oxygens (including phenoxy) is 2. The number of carbonyl (C=O) groups is 1. The highest BCUT2D eigenvalue weighted by Gasteiger charge is 2.21. The smallest absolute Gasteiger partial charge is 0.244 e. The molecule has 1 amide bonds. The number of rotatable bonds is 8. The molecule has 26 heavy (non-hydrogen) atoms. The molecule has 0 fully saturated rings. The van der Waals surface area contributed by atoms with Crippen LogP contribution in [0.4, 0.5) is 5.82 Å². The maximum absolute atomic E-state index is 12.5. The number of nitrogens with zero attached hydrogens (tertiary/aromatic N) is 2. The van der Waals surface area contributed by atoms with E-state index in [1.54, 1.807) is 13.0 Å². The highest BCUT2D eigenvalue weighted by atomic mass is 32.2. The molecule has 0 saturated heterocycles. The minimum absolute atomic E-state index is 0.0109. The summed E-state index contributed by atoms with van der Waals surface area (Å²) in [4.78, 5) is 13.1. The van der Waals surface area contributed by atoms with E-state index in [1.807, 2.05) is 0 Å². The van der Waals surface area contributed by atoms with Gasteiger partial charge >= 0.3 is 0 Å². The third-order valence-corrected chi connectivity index (χ3v) is 5.06. The van der Waals surface area contributed by atoms with Crippen LogP contribution in [0.1, 0.15) is 12.7 Å². The van der Waals surface area contributed by atoms with Gasteiger partial charge in [0, 0.05) is 32.1 Å². The molecule has 1 aromatic heterocycles. The van der Waals surface area contributed by atoms with E-state index in [1.165, 1.54) is 44.2 Å². The predicted octanol–water partition coefficient (Wildman–Crippen LogP) is 1.33. The van der Waals surface area contributed by atoms with E-state index in [4.69, 9.17) is 14.0 Å². The van der Waals surface area contributed by atoms with Crippen molar-refractivity contribution in [3.63, 3.8) is 0 Å². The number of aromatic nitrogens is 1. The second-order valence-corrected chi connectivity index (χ2v) is 7.12. The van der Waals surface area contributed by atoms with Gasteiger partial charge in [0.2, 0.25) is 15.9 Å². The summed E-state index contributed by atoms with van der Waals surface area (Å²) in [7, 11) is -0.990. The minimum atomic E-state index is -3.84. The Balaban J connectivity index is 2.11. The second-order valence-electron chi connectivity index (χ2n) is 5.38. The van der Waals surface area contributed by atoms with E-state index in [9.17, 15) is 13.2 Å². The highest BCUT2D eigenvalue weighted by Crippen LogP contribution is 2.28. The van der Waals surface area contributed by atoms with Crippen LogP contribution < -0.4 is 19.1 Å². The van der Waals surface area contributed by atoms with Crippen molar-refractivity contribution in [1.29, 1.82) is 0 Å². The van der Waals surface area contributed by atoms with Crippen LogP contribution >= 0.6 is 0 Å². The quantitative estimate of drug-likeness (QED) is 0.732. The van der Waals surface area contributed by atoms with Gasteiger partial charge in [-0.3, -0.25) is 9.69 Å². The summed E-state index contributed by atoms with van der Waals surface area (Å²) in [5.41, 5.74) is 0. The van der Waals surface area contributed by atoms with Crippen LogP contribution in [0.2, 0.25) is 0 Å². The van der Waals surface area contributed by atoms with Crippen LogP contribution in [0.15, 0.2) is 33.7 Å². The van der Waals surface area contributed by atoms with Gasteiger partial charge in [-0.15, -0.1) is 0 Å². The maximum atomic E-state index is 12.5. The van der Waals surface area contributed by atoms with E-state index in [0.717, 1.165) is 0 Å². The first-order chi connectivity index (χ1) is 12.3. The number of benzene rings is 1. The third kappa shape index (κ3) is 4.52. The molecule has 142 valence electrons. The zero-order valence-corrected chi connectivity index (χ0v) is 15.8. The van der Waals surface area contributed by atoms with Gasteiger partial charge in [0.1, 0.15) is 22.2 Å². The molecule has 0 spiro atoms. The largest absolute Gasteiger partial charge is 0.497 e. The number of nitrogens with one attached hydrogen (secondary N) is 1. The number of methoxy groups -OCH3 is 2. The lowest BCUT2D eigenvalue weighted by Gasteiger charge is -2.18. The molecule has 9 nitrogen and oxygen atoms in total. The average Bonchev–Trinajstić information content (AvgIpc) is 3.03. The zero-order chi connectivity index (χ0) is 19.3. The van der Waals surface area contributed by atoms with Crippen molar-refractivity contribution >= 4 is 21.7 Å². The normalized spacial score (nSPS) is 11.2. The summed E-state index contributed by atoms with van der Waals surface area (Å²) < 4.78 is 42.7. The van der Waals surface area contributed by atoms with Gasteiger partial charge in [-0.1, -0.05) is 5.16 Å². The molecule has 0 saturated carbocycles. The average molecular weight is 383 g/mol. The van der Waals surface area contributed by atoms with E-state index in [2.05, 4.69) is 9.88 Å². The first kappa shape index (κ1) is 19.7. The fourth-order valence-corrected chi connectivity index (χ4v) is 3.45. The number of anilines is 1. The molecule has 0 aliphatic carbocycles. The van der Waals surface area contributed by atoms with E-state index < -0.39 is 10.0 Å². The fourth-order valence-electron chi connectivity index (χ4n) is 2.28. The van der Waals surface area contributed by atoms with Crippen molar-refractivity contribution in [2.75, 3.05) is 32.2 Å². The van der Waals surface area contributed by atoms with Crippen LogP contribution in [-0.2, 0) is 14.8 Å². The minimum Gasteiger partial charge on any atom is -0.497 e. The van der Waals surface area contributed by atoms with E-state index in [-0.39, 0.29) is 29.6 Å². The Morgan fingerprint density at radius 2 is 2.00 bits per heavy atom. The maximum Gasteiger partial charge on any atom is 0.244 e. The summed E-state index contributed by atoms with van der Waals surface area (Å²) in [6, 6.07) is 6.00. The van der Waals surface area contributed by atoms with Gasteiger partial charge < -0.3 is 14.0 Å². The predicted molar refractivity (Wildman–Crippen MR) is 94.0 cm³/mol. The lowest BCUT2D eigenvalue weighted by molar-refractivity contribution is -0.116. The number of sulfonamides is 1. The molecule has 2 aromatic rings. The molecule has 10 heteroatoms.